The molecule has 2 aromatic carbocycles. The quantitative estimate of drug-likeness (QED) is 0.795. The van der Waals surface area contributed by atoms with E-state index in [1.165, 1.54) is 19.2 Å². The van der Waals surface area contributed by atoms with E-state index in [9.17, 15) is 14.0 Å². The molecular formula is C24H27FN2O4. The molecule has 1 N–H and O–H groups in total. The molecule has 1 spiro atoms. The van der Waals surface area contributed by atoms with Crippen LogP contribution in [0.25, 0.3) is 0 Å². The van der Waals surface area contributed by atoms with Crippen molar-refractivity contribution in [3.8, 4) is 5.75 Å². The van der Waals surface area contributed by atoms with Crippen LogP contribution in [-0.2, 0) is 9.53 Å². The number of hydrogen-bond acceptors (Lipinski definition) is 4. The van der Waals surface area contributed by atoms with Crippen LogP contribution < -0.4 is 10.1 Å². The fourth-order valence-corrected chi connectivity index (χ4v) is 4.45. The number of benzene rings is 2. The van der Waals surface area contributed by atoms with E-state index >= 15 is 0 Å². The number of amides is 2. The van der Waals surface area contributed by atoms with Crippen LogP contribution in [0.5, 0.6) is 5.75 Å². The number of ether oxygens (including phenoxy) is 2. The zero-order valence-electron chi connectivity index (χ0n) is 17.8. The number of methoxy groups -OCH3 is 1. The Balaban J connectivity index is 1.66. The highest BCUT2D eigenvalue weighted by Gasteiger charge is 2.53. The number of anilines is 1. The topological polar surface area (TPSA) is 67.9 Å². The van der Waals surface area contributed by atoms with E-state index in [-0.39, 0.29) is 18.2 Å². The van der Waals surface area contributed by atoms with E-state index in [0.29, 0.717) is 30.1 Å². The molecule has 1 saturated carbocycles. The molecule has 31 heavy (non-hydrogen) atoms. The van der Waals surface area contributed by atoms with Crippen molar-refractivity contribution < 1.29 is 23.5 Å². The summed E-state index contributed by atoms with van der Waals surface area (Å²) in [7, 11) is 1.54. The number of nitrogens with zero attached hydrogens (tertiary/aromatic N) is 1. The molecule has 1 saturated heterocycles. The summed E-state index contributed by atoms with van der Waals surface area (Å²) in [6, 6.07) is 12.0. The van der Waals surface area contributed by atoms with Gasteiger partial charge in [0.2, 0.25) is 5.91 Å². The number of para-hydroxylation sites is 1. The smallest absolute Gasteiger partial charge is 0.257 e. The van der Waals surface area contributed by atoms with E-state index < -0.39 is 23.5 Å². The number of hydrogen-bond donors (Lipinski definition) is 1. The van der Waals surface area contributed by atoms with Crippen LogP contribution in [0.3, 0.4) is 0 Å². The Labute approximate surface area is 181 Å². The summed E-state index contributed by atoms with van der Waals surface area (Å²) in [5.74, 6) is -0.183. The van der Waals surface area contributed by atoms with Gasteiger partial charge < -0.3 is 14.8 Å². The minimum atomic E-state index is -0.855. The van der Waals surface area contributed by atoms with Gasteiger partial charge in [-0.2, -0.15) is 0 Å². The highest BCUT2D eigenvalue weighted by Crippen LogP contribution is 2.43. The molecule has 6 nitrogen and oxygen atoms in total. The van der Waals surface area contributed by atoms with Crippen molar-refractivity contribution in [2.75, 3.05) is 19.0 Å². The molecule has 2 aliphatic rings. The number of carbonyl (C=O) groups excluding carboxylic acids is 2. The maximum atomic E-state index is 14.1. The van der Waals surface area contributed by atoms with E-state index in [1.807, 2.05) is 0 Å². The first-order chi connectivity index (χ1) is 14.9. The maximum Gasteiger partial charge on any atom is 0.257 e. The van der Waals surface area contributed by atoms with E-state index in [2.05, 4.69) is 12.2 Å². The largest absolute Gasteiger partial charge is 0.497 e. The average molecular weight is 426 g/mol. The van der Waals surface area contributed by atoms with Crippen LogP contribution in [0.4, 0.5) is 10.1 Å². The minimum absolute atomic E-state index is 0.0738. The van der Waals surface area contributed by atoms with Gasteiger partial charge in [-0.1, -0.05) is 25.1 Å². The highest BCUT2D eigenvalue weighted by molar-refractivity contribution is 6.02. The SMILES string of the molecule is COc1cccc(C(=O)N2[C@H](C(=O)Nc3ccccc3F)COC23CCC(C)CC3)c1. The predicted octanol–water partition coefficient (Wildman–Crippen LogP) is 4.22. The lowest BCUT2D eigenvalue weighted by atomic mass is 9.83. The third-order valence-electron chi connectivity index (χ3n) is 6.29. The number of carbonyl (C=O) groups is 2. The van der Waals surface area contributed by atoms with Gasteiger partial charge in [0, 0.05) is 5.56 Å². The Morgan fingerprint density at radius 3 is 2.61 bits per heavy atom. The van der Waals surface area contributed by atoms with Crippen LogP contribution in [0.15, 0.2) is 48.5 Å². The molecule has 2 amide bonds. The molecule has 0 bridgehead atoms. The molecule has 4 rings (SSSR count). The Bertz CT molecular complexity index is 972. The second-order valence-electron chi connectivity index (χ2n) is 8.33. The van der Waals surface area contributed by atoms with Crippen LogP contribution in [-0.4, -0.2) is 42.2 Å². The summed E-state index contributed by atoms with van der Waals surface area (Å²) < 4.78 is 25.5. The van der Waals surface area contributed by atoms with Gasteiger partial charge in [0.25, 0.3) is 5.91 Å². The average Bonchev–Trinajstić information content (AvgIpc) is 3.16. The summed E-state index contributed by atoms with van der Waals surface area (Å²) in [4.78, 5) is 28.4. The fourth-order valence-electron chi connectivity index (χ4n) is 4.45. The molecule has 1 heterocycles. The standard InChI is InChI=1S/C24H27FN2O4/c1-16-10-12-24(13-11-16)27(23(29)17-6-5-7-18(14-17)30-2)21(15-31-24)22(28)26-20-9-4-3-8-19(20)25/h3-9,14,16,21H,10-13,15H2,1-2H3,(H,26,28)/t16?,21-,24?/m0/s1. The number of nitrogens with one attached hydrogen (secondary N) is 1. The second-order valence-corrected chi connectivity index (χ2v) is 8.33. The van der Waals surface area contributed by atoms with Crippen molar-refractivity contribution >= 4 is 17.5 Å². The third kappa shape index (κ3) is 4.14. The zero-order valence-corrected chi connectivity index (χ0v) is 17.8. The molecule has 2 fully saturated rings. The molecule has 1 atom stereocenters. The lowest BCUT2D eigenvalue weighted by molar-refractivity contribution is -0.123. The molecule has 164 valence electrons. The van der Waals surface area contributed by atoms with Crippen molar-refractivity contribution in [3.05, 3.63) is 59.9 Å². The fraction of sp³-hybridized carbons (Fsp3) is 0.417. The van der Waals surface area contributed by atoms with Crippen LogP contribution in [0, 0.1) is 11.7 Å². The van der Waals surface area contributed by atoms with Crippen molar-refractivity contribution in [2.45, 2.75) is 44.4 Å². The van der Waals surface area contributed by atoms with Crippen molar-refractivity contribution in [1.29, 1.82) is 0 Å². The first-order valence-electron chi connectivity index (χ1n) is 10.6. The molecule has 1 aliphatic heterocycles. The van der Waals surface area contributed by atoms with Gasteiger partial charge in [-0.05, 0) is 61.9 Å². The maximum absolute atomic E-state index is 14.1. The van der Waals surface area contributed by atoms with Crippen LogP contribution >= 0.6 is 0 Å². The number of rotatable bonds is 4. The Kier molecular flexibility index (Phi) is 5.96. The van der Waals surface area contributed by atoms with Crippen molar-refractivity contribution in [2.24, 2.45) is 5.92 Å². The lowest BCUT2D eigenvalue weighted by Crippen LogP contribution is -2.56. The molecule has 0 aromatic heterocycles. The lowest BCUT2D eigenvalue weighted by Gasteiger charge is -2.43. The van der Waals surface area contributed by atoms with Gasteiger partial charge in [-0.3, -0.25) is 14.5 Å². The van der Waals surface area contributed by atoms with Gasteiger partial charge in [0.1, 0.15) is 23.3 Å². The van der Waals surface area contributed by atoms with E-state index in [0.717, 1.165) is 12.8 Å². The first-order valence-corrected chi connectivity index (χ1v) is 10.6. The van der Waals surface area contributed by atoms with E-state index in [1.54, 1.807) is 41.3 Å². The monoisotopic (exact) mass is 426 g/mol. The predicted molar refractivity (Wildman–Crippen MR) is 114 cm³/mol. The van der Waals surface area contributed by atoms with Gasteiger partial charge in [0.05, 0.1) is 19.4 Å². The summed E-state index contributed by atoms with van der Waals surface area (Å²) >= 11 is 0. The summed E-state index contributed by atoms with van der Waals surface area (Å²) in [5, 5.41) is 2.63. The minimum Gasteiger partial charge on any atom is -0.497 e. The summed E-state index contributed by atoms with van der Waals surface area (Å²) in [6.45, 7) is 2.25. The van der Waals surface area contributed by atoms with E-state index in [4.69, 9.17) is 9.47 Å². The molecule has 0 unspecified atom stereocenters. The molecular weight excluding hydrogens is 399 g/mol. The summed E-state index contributed by atoms with van der Waals surface area (Å²) in [6.07, 6.45) is 3.13. The zero-order chi connectivity index (χ0) is 22.0. The normalized spacial score (nSPS) is 25.5. The van der Waals surface area contributed by atoms with Crippen LogP contribution in [0.1, 0.15) is 43.0 Å². The van der Waals surface area contributed by atoms with Gasteiger partial charge in [-0.15, -0.1) is 0 Å². The highest BCUT2D eigenvalue weighted by atomic mass is 19.1. The van der Waals surface area contributed by atoms with Gasteiger partial charge in [0.15, 0.2) is 0 Å². The second kappa shape index (κ2) is 8.67. The van der Waals surface area contributed by atoms with Gasteiger partial charge in [-0.25, -0.2) is 4.39 Å². The molecule has 1 aliphatic carbocycles. The molecule has 2 aromatic rings. The van der Waals surface area contributed by atoms with Crippen molar-refractivity contribution in [3.63, 3.8) is 0 Å². The summed E-state index contributed by atoms with van der Waals surface area (Å²) in [5.41, 5.74) is -0.324. The van der Waals surface area contributed by atoms with Crippen molar-refractivity contribution in [1.82, 2.24) is 4.90 Å². The third-order valence-corrected chi connectivity index (χ3v) is 6.29. The Hall–Kier alpha value is -2.93. The Morgan fingerprint density at radius 1 is 1.16 bits per heavy atom. The number of halogens is 1. The van der Waals surface area contributed by atoms with Crippen LogP contribution in [0.2, 0.25) is 0 Å². The first kappa shape index (κ1) is 21.3. The Morgan fingerprint density at radius 2 is 1.90 bits per heavy atom. The molecule has 0 radical (unpaired) electrons. The molecule has 7 heteroatoms. The van der Waals surface area contributed by atoms with Gasteiger partial charge >= 0.3 is 0 Å².